The number of benzene rings is 1. The van der Waals surface area contributed by atoms with Crippen molar-refractivity contribution in [3.05, 3.63) is 34.9 Å². The lowest BCUT2D eigenvalue weighted by atomic mass is 9.79. The zero-order valence-corrected chi connectivity index (χ0v) is 15.1. The highest BCUT2D eigenvalue weighted by atomic mass is 35.5. The number of carbonyl (C=O) groups is 2. The lowest BCUT2D eigenvalue weighted by molar-refractivity contribution is -0.143. The second kappa shape index (κ2) is 6.73. The Morgan fingerprint density at radius 2 is 1.71 bits per heavy atom. The molecule has 2 saturated heterocycles. The second-order valence-corrected chi connectivity index (χ2v) is 7.79. The lowest BCUT2D eigenvalue weighted by Gasteiger charge is -2.48. The highest BCUT2D eigenvalue weighted by molar-refractivity contribution is 6.30. The van der Waals surface area contributed by atoms with Crippen LogP contribution < -0.4 is 0 Å². The third-order valence-electron chi connectivity index (χ3n) is 4.92. The van der Waals surface area contributed by atoms with Crippen molar-refractivity contribution in [3.63, 3.8) is 0 Å². The first-order valence-electron chi connectivity index (χ1n) is 8.32. The second-order valence-electron chi connectivity index (χ2n) is 7.36. The van der Waals surface area contributed by atoms with E-state index in [0.717, 1.165) is 38.2 Å². The van der Waals surface area contributed by atoms with Crippen LogP contribution >= 0.6 is 11.6 Å². The summed E-state index contributed by atoms with van der Waals surface area (Å²) < 4.78 is 0. The van der Waals surface area contributed by atoms with E-state index in [0.29, 0.717) is 18.0 Å². The van der Waals surface area contributed by atoms with E-state index in [1.165, 1.54) is 0 Å². The van der Waals surface area contributed by atoms with Crippen LogP contribution in [0.2, 0.25) is 5.02 Å². The van der Waals surface area contributed by atoms with E-state index in [1.54, 1.807) is 0 Å². The molecule has 0 N–H and O–H groups in total. The maximum atomic E-state index is 12.5. The van der Waals surface area contributed by atoms with Gasteiger partial charge in [0.2, 0.25) is 11.8 Å². The maximum Gasteiger partial charge on any atom is 0.236 e. The van der Waals surface area contributed by atoms with E-state index in [4.69, 9.17) is 11.6 Å². The van der Waals surface area contributed by atoms with Crippen molar-refractivity contribution in [3.8, 4) is 0 Å². The summed E-state index contributed by atoms with van der Waals surface area (Å²) in [6.45, 7) is 3.58. The first-order chi connectivity index (χ1) is 11.4. The van der Waals surface area contributed by atoms with E-state index in [1.807, 2.05) is 53.1 Å². The molecule has 2 aliphatic heterocycles. The smallest absolute Gasteiger partial charge is 0.236 e. The van der Waals surface area contributed by atoms with Gasteiger partial charge in [-0.1, -0.05) is 23.7 Å². The van der Waals surface area contributed by atoms with Gasteiger partial charge in [0.25, 0.3) is 0 Å². The van der Waals surface area contributed by atoms with E-state index in [-0.39, 0.29) is 17.2 Å². The van der Waals surface area contributed by atoms with Gasteiger partial charge in [-0.25, -0.2) is 0 Å². The van der Waals surface area contributed by atoms with Gasteiger partial charge in [-0.3, -0.25) is 9.59 Å². The fourth-order valence-corrected chi connectivity index (χ4v) is 3.73. The number of hydrogen-bond acceptors (Lipinski definition) is 3. The molecule has 2 amide bonds. The molecule has 0 aliphatic carbocycles. The topological polar surface area (TPSA) is 43.9 Å². The molecule has 0 aromatic heterocycles. The van der Waals surface area contributed by atoms with Crippen molar-refractivity contribution < 1.29 is 9.59 Å². The Balaban J connectivity index is 1.50. The van der Waals surface area contributed by atoms with Gasteiger partial charge >= 0.3 is 0 Å². The molecule has 5 nitrogen and oxygen atoms in total. The molecule has 2 fully saturated rings. The number of carbonyl (C=O) groups excluding carboxylic acids is 2. The van der Waals surface area contributed by atoms with Crippen LogP contribution in [0, 0.1) is 5.41 Å². The minimum atomic E-state index is 0.123. The van der Waals surface area contributed by atoms with Gasteiger partial charge in [-0.2, -0.15) is 0 Å². The third kappa shape index (κ3) is 3.73. The van der Waals surface area contributed by atoms with Crippen molar-refractivity contribution >= 4 is 23.4 Å². The summed E-state index contributed by atoms with van der Waals surface area (Å²) in [5.74, 6) is 0.337. The summed E-state index contributed by atoms with van der Waals surface area (Å²) in [7, 11) is 3.81. The molecule has 2 aliphatic rings. The van der Waals surface area contributed by atoms with Crippen LogP contribution in [0.25, 0.3) is 0 Å². The molecule has 1 spiro atoms. The van der Waals surface area contributed by atoms with Crippen LogP contribution in [0.5, 0.6) is 0 Å². The summed E-state index contributed by atoms with van der Waals surface area (Å²) >= 11 is 5.88. The van der Waals surface area contributed by atoms with Crippen molar-refractivity contribution in [2.45, 2.75) is 12.8 Å². The standard InChI is InChI=1S/C18H24ClN3O2/c1-20(2)10-17(24)22-12-18(13-22)7-8-21(11-18)16(23)9-14-3-5-15(19)6-4-14/h3-6H,7-13H2,1-2H3. The molecule has 2 heterocycles. The third-order valence-corrected chi connectivity index (χ3v) is 5.17. The molecule has 3 rings (SSSR count). The fourth-order valence-electron chi connectivity index (χ4n) is 3.61. The zero-order valence-electron chi connectivity index (χ0n) is 14.3. The SMILES string of the molecule is CN(C)CC(=O)N1CC2(CCN(C(=O)Cc3ccc(Cl)cc3)C2)C1. The van der Waals surface area contributed by atoms with E-state index >= 15 is 0 Å². The molecule has 6 heteroatoms. The highest BCUT2D eigenvalue weighted by Crippen LogP contribution is 2.39. The number of hydrogen-bond donors (Lipinski definition) is 0. The molecule has 0 saturated carbocycles. The normalized spacial score (nSPS) is 19.0. The summed E-state index contributed by atoms with van der Waals surface area (Å²) in [5.41, 5.74) is 1.11. The number of halogens is 1. The molecule has 130 valence electrons. The first-order valence-corrected chi connectivity index (χ1v) is 8.69. The predicted molar refractivity (Wildman–Crippen MR) is 93.9 cm³/mol. The van der Waals surface area contributed by atoms with Crippen LogP contribution in [-0.4, -0.2) is 73.3 Å². The Kier molecular flexibility index (Phi) is 4.83. The average molecular weight is 350 g/mol. The van der Waals surface area contributed by atoms with E-state index < -0.39 is 0 Å². The van der Waals surface area contributed by atoms with Crippen molar-refractivity contribution in [1.82, 2.24) is 14.7 Å². The van der Waals surface area contributed by atoms with Gasteiger partial charge in [-0.05, 0) is 38.2 Å². The summed E-state index contributed by atoms with van der Waals surface area (Å²) in [6, 6.07) is 7.43. The van der Waals surface area contributed by atoms with Crippen molar-refractivity contribution in [2.75, 3.05) is 46.8 Å². The quantitative estimate of drug-likeness (QED) is 0.827. The molecular formula is C18H24ClN3O2. The molecule has 24 heavy (non-hydrogen) atoms. The van der Waals surface area contributed by atoms with E-state index in [9.17, 15) is 9.59 Å². The van der Waals surface area contributed by atoms with Crippen molar-refractivity contribution in [1.29, 1.82) is 0 Å². The minimum Gasteiger partial charge on any atom is -0.342 e. The summed E-state index contributed by atoms with van der Waals surface area (Å²) in [6.07, 6.45) is 1.40. The summed E-state index contributed by atoms with van der Waals surface area (Å²) in [5, 5.41) is 0.684. The monoisotopic (exact) mass is 349 g/mol. The lowest BCUT2D eigenvalue weighted by Crippen LogP contribution is -2.61. The fraction of sp³-hybridized carbons (Fsp3) is 0.556. The number of likely N-dealkylation sites (N-methyl/N-ethyl adjacent to an activating group) is 1. The van der Waals surface area contributed by atoms with Crippen molar-refractivity contribution in [2.24, 2.45) is 5.41 Å². The van der Waals surface area contributed by atoms with Gasteiger partial charge in [0.05, 0.1) is 13.0 Å². The van der Waals surface area contributed by atoms with Crippen LogP contribution in [-0.2, 0) is 16.0 Å². The Morgan fingerprint density at radius 1 is 1.08 bits per heavy atom. The van der Waals surface area contributed by atoms with Gasteiger partial charge in [-0.15, -0.1) is 0 Å². The maximum absolute atomic E-state index is 12.5. The first kappa shape index (κ1) is 17.2. The van der Waals surface area contributed by atoms with Gasteiger partial charge in [0, 0.05) is 36.6 Å². The number of rotatable bonds is 4. The Labute approximate surface area is 148 Å². The Morgan fingerprint density at radius 3 is 2.33 bits per heavy atom. The highest BCUT2D eigenvalue weighted by Gasteiger charge is 2.49. The Hall–Kier alpha value is -1.59. The van der Waals surface area contributed by atoms with Crippen LogP contribution in [0.4, 0.5) is 0 Å². The summed E-state index contributed by atoms with van der Waals surface area (Å²) in [4.78, 5) is 30.3. The van der Waals surface area contributed by atoms with Crippen LogP contribution in [0.3, 0.4) is 0 Å². The molecule has 0 radical (unpaired) electrons. The number of amides is 2. The van der Waals surface area contributed by atoms with Gasteiger partial charge < -0.3 is 14.7 Å². The zero-order chi connectivity index (χ0) is 17.3. The molecule has 0 unspecified atom stereocenters. The molecule has 1 aromatic rings. The van der Waals surface area contributed by atoms with Gasteiger partial charge in [0.15, 0.2) is 0 Å². The average Bonchev–Trinajstić information content (AvgIpc) is 2.93. The Bertz CT molecular complexity index is 624. The molecule has 0 atom stereocenters. The number of likely N-dealkylation sites (tertiary alicyclic amines) is 2. The minimum absolute atomic E-state index is 0.123. The largest absolute Gasteiger partial charge is 0.342 e. The molecule has 1 aromatic carbocycles. The predicted octanol–water partition coefficient (Wildman–Crippen LogP) is 1.51. The van der Waals surface area contributed by atoms with Crippen LogP contribution in [0.15, 0.2) is 24.3 Å². The number of nitrogens with zero attached hydrogens (tertiary/aromatic N) is 3. The van der Waals surface area contributed by atoms with E-state index in [2.05, 4.69) is 0 Å². The molecule has 0 bridgehead atoms. The van der Waals surface area contributed by atoms with Crippen LogP contribution in [0.1, 0.15) is 12.0 Å². The molecular weight excluding hydrogens is 326 g/mol. The van der Waals surface area contributed by atoms with Gasteiger partial charge in [0.1, 0.15) is 0 Å².